The summed E-state index contributed by atoms with van der Waals surface area (Å²) in [4.78, 5) is 49.9. The van der Waals surface area contributed by atoms with Gasteiger partial charge in [0.25, 0.3) is 0 Å². The van der Waals surface area contributed by atoms with Gasteiger partial charge in [0, 0.05) is 25.1 Å². The molecule has 0 bridgehead atoms. The van der Waals surface area contributed by atoms with E-state index in [-0.39, 0.29) is 47.5 Å². The highest BCUT2D eigenvalue weighted by Gasteiger charge is 2.27. The van der Waals surface area contributed by atoms with Crippen LogP contribution in [0.25, 0.3) is 0 Å². The first kappa shape index (κ1) is 43.0. The molecule has 48 heavy (non-hydrogen) atoms. The molecule has 0 saturated heterocycles. The van der Waals surface area contributed by atoms with Gasteiger partial charge in [0.1, 0.15) is 12.1 Å². The number of benzene rings is 1. The zero-order valence-electron chi connectivity index (χ0n) is 30.8. The SMILES string of the molecule is CC(C)[C@H](NC(=O)CCOCCOCCOCCOCCNC(=O)CCC(C)(C)C)C(=O)N[C@@H](C)C(=O)Nc1ccc(C(C)(C)C)cc1. The normalized spacial score (nSPS) is 13.1. The van der Waals surface area contributed by atoms with E-state index in [1.54, 1.807) is 6.92 Å². The number of ether oxygens (including phenoxy) is 4. The first-order chi connectivity index (χ1) is 22.5. The lowest BCUT2D eigenvalue weighted by atomic mass is 9.87. The molecule has 0 saturated carbocycles. The molecule has 1 rings (SSSR count). The van der Waals surface area contributed by atoms with Gasteiger partial charge in [-0.2, -0.15) is 0 Å². The molecule has 0 aliphatic heterocycles. The minimum absolute atomic E-state index is 0.00369. The Kier molecular flexibility index (Phi) is 20.2. The molecule has 0 spiro atoms. The largest absolute Gasteiger partial charge is 0.379 e. The third-order valence-corrected chi connectivity index (χ3v) is 7.30. The predicted octanol–water partition coefficient (Wildman–Crippen LogP) is 3.97. The molecular formula is C36H62N4O8. The van der Waals surface area contributed by atoms with Crippen LogP contribution in [0, 0.1) is 11.3 Å². The lowest BCUT2D eigenvalue weighted by Gasteiger charge is -2.24. The zero-order chi connectivity index (χ0) is 36.2. The maximum Gasteiger partial charge on any atom is 0.246 e. The quantitative estimate of drug-likeness (QED) is 0.127. The minimum atomic E-state index is -0.797. The van der Waals surface area contributed by atoms with Crippen molar-refractivity contribution in [3.05, 3.63) is 29.8 Å². The van der Waals surface area contributed by atoms with E-state index in [2.05, 4.69) is 62.8 Å². The van der Waals surface area contributed by atoms with Crippen LogP contribution < -0.4 is 21.3 Å². The molecule has 0 radical (unpaired) electrons. The van der Waals surface area contributed by atoms with Crippen LogP contribution in [-0.2, 0) is 43.5 Å². The van der Waals surface area contributed by atoms with Gasteiger partial charge in [-0.1, -0.05) is 67.5 Å². The van der Waals surface area contributed by atoms with Crippen molar-refractivity contribution >= 4 is 29.3 Å². The number of amides is 4. The fraction of sp³-hybridized carbons (Fsp3) is 0.722. The van der Waals surface area contributed by atoms with Crippen LogP contribution >= 0.6 is 0 Å². The molecule has 4 amide bonds. The van der Waals surface area contributed by atoms with Crippen molar-refractivity contribution in [1.29, 1.82) is 0 Å². The fourth-order valence-electron chi connectivity index (χ4n) is 4.22. The van der Waals surface area contributed by atoms with Crippen LogP contribution in [0.1, 0.15) is 87.1 Å². The number of hydrogen-bond acceptors (Lipinski definition) is 8. The van der Waals surface area contributed by atoms with Crippen molar-refractivity contribution in [2.75, 3.05) is 64.7 Å². The summed E-state index contributed by atoms with van der Waals surface area (Å²) in [7, 11) is 0. The average Bonchev–Trinajstić information content (AvgIpc) is 2.99. The molecule has 1 aromatic carbocycles. The smallest absolute Gasteiger partial charge is 0.246 e. The van der Waals surface area contributed by atoms with Gasteiger partial charge in [-0.05, 0) is 47.8 Å². The lowest BCUT2D eigenvalue weighted by molar-refractivity contribution is -0.132. The minimum Gasteiger partial charge on any atom is -0.379 e. The maximum atomic E-state index is 12.9. The van der Waals surface area contributed by atoms with Gasteiger partial charge in [0.2, 0.25) is 23.6 Å². The molecule has 1 aromatic rings. The van der Waals surface area contributed by atoms with E-state index in [9.17, 15) is 19.2 Å². The Morgan fingerprint density at radius 2 is 1.17 bits per heavy atom. The Bertz CT molecular complexity index is 1100. The standard InChI is InChI=1S/C36H62N4O8/c1-26(2)32(34(44)38-27(3)33(43)39-29-12-10-28(11-13-29)36(7,8)9)40-31(42)15-18-45-20-22-47-24-25-48-23-21-46-19-17-37-30(41)14-16-35(4,5)6/h10-13,26-27,32H,14-25H2,1-9H3,(H,37,41)(H,38,44)(H,39,43)(H,40,42)/t27-,32-/m0/s1. The second kappa shape index (κ2) is 22.6. The summed E-state index contributed by atoms with van der Waals surface area (Å²) in [6.07, 6.45) is 1.45. The molecule has 4 N–H and O–H groups in total. The zero-order valence-corrected chi connectivity index (χ0v) is 30.8. The molecule has 0 aromatic heterocycles. The Morgan fingerprint density at radius 3 is 1.67 bits per heavy atom. The van der Waals surface area contributed by atoms with Gasteiger partial charge < -0.3 is 40.2 Å². The van der Waals surface area contributed by atoms with Gasteiger partial charge in [-0.15, -0.1) is 0 Å². The molecule has 0 heterocycles. The Morgan fingerprint density at radius 1 is 0.646 bits per heavy atom. The van der Waals surface area contributed by atoms with Gasteiger partial charge in [0.05, 0.1) is 52.9 Å². The molecule has 0 unspecified atom stereocenters. The molecule has 12 heteroatoms. The summed E-state index contributed by atoms with van der Waals surface area (Å²) in [6, 6.07) is 6.03. The molecule has 12 nitrogen and oxygen atoms in total. The second-order valence-corrected chi connectivity index (χ2v) is 14.4. The first-order valence-electron chi connectivity index (χ1n) is 17.1. The van der Waals surface area contributed by atoms with Gasteiger partial charge in [-0.25, -0.2) is 0 Å². The third kappa shape index (κ3) is 20.3. The molecule has 0 aliphatic carbocycles. The third-order valence-electron chi connectivity index (χ3n) is 7.30. The van der Waals surface area contributed by atoms with Crippen LogP contribution in [0.3, 0.4) is 0 Å². The second-order valence-electron chi connectivity index (χ2n) is 14.4. The van der Waals surface area contributed by atoms with E-state index in [1.165, 1.54) is 0 Å². The van der Waals surface area contributed by atoms with Crippen molar-refractivity contribution in [2.45, 2.75) is 99.1 Å². The van der Waals surface area contributed by atoms with Crippen molar-refractivity contribution in [3.63, 3.8) is 0 Å². The number of hydrogen-bond donors (Lipinski definition) is 4. The highest BCUT2D eigenvalue weighted by Crippen LogP contribution is 2.23. The molecule has 0 fully saturated rings. The number of anilines is 1. The molecule has 274 valence electrons. The Hall–Kier alpha value is -3.06. The van der Waals surface area contributed by atoms with E-state index >= 15 is 0 Å². The van der Waals surface area contributed by atoms with Crippen LogP contribution in [0.5, 0.6) is 0 Å². The number of carbonyl (C=O) groups is 4. The highest BCUT2D eigenvalue weighted by atomic mass is 16.6. The van der Waals surface area contributed by atoms with E-state index in [0.29, 0.717) is 64.9 Å². The topological polar surface area (TPSA) is 153 Å². The maximum absolute atomic E-state index is 12.9. The Labute approximate surface area is 288 Å². The van der Waals surface area contributed by atoms with Crippen LogP contribution in [-0.4, -0.2) is 95.1 Å². The molecular weight excluding hydrogens is 616 g/mol. The number of nitrogens with one attached hydrogen (secondary N) is 4. The van der Waals surface area contributed by atoms with Crippen LogP contribution in [0.2, 0.25) is 0 Å². The van der Waals surface area contributed by atoms with Crippen molar-refractivity contribution in [1.82, 2.24) is 16.0 Å². The molecule has 2 atom stereocenters. The summed E-state index contributed by atoms with van der Waals surface area (Å²) in [5.41, 5.74) is 1.94. The number of rotatable bonds is 23. The van der Waals surface area contributed by atoms with Gasteiger partial charge in [0.15, 0.2) is 0 Å². The van der Waals surface area contributed by atoms with E-state index in [1.807, 2.05) is 38.1 Å². The fourth-order valence-corrected chi connectivity index (χ4v) is 4.22. The van der Waals surface area contributed by atoms with Gasteiger partial charge in [-0.3, -0.25) is 19.2 Å². The van der Waals surface area contributed by atoms with Gasteiger partial charge >= 0.3 is 0 Å². The van der Waals surface area contributed by atoms with E-state index in [4.69, 9.17) is 18.9 Å². The summed E-state index contributed by atoms with van der Waals surface area (Å²) < 4.78 is 21.9. The van der Waals surface area contributed by atoms with Crippen molar-refractivity contribution < 1.29 is 38.1 Å². The highest BCUT2D eigenvalue weighted by molar-refractivity contribution is 5.98. The average molecular weight is 679 g/mol. The number of carbonyl (C=O) groups excluding carboxylic acids is 4. The predicted molar refractivity (Wildman–Crippen MR) is 188 cm³/mol. The molecule has 0 aliphatic rings. The summed E-state index contributed by atoms with van der Waals surface area (Å²) >= 11 is 0. The van der Waals surface area contributed by atoms with Crippen LogP contribution in [0.4, 0.5) is 5.69 Å². The van der Waals surface area contributed by atoms with Crippen LogP contribution in [0.15, 0.2) is 24.3 Å². The lowest BCUT2D eigenvalue weighted by Crippen LogP contribution is -2.53. The summed E-state index contributed by atoms with van der Waals surface area (Å²) in [5.74, 6) is -1.24. The van der Waals surface area contributed by atoms with E-state index < -0.39 is 18.0 Å². The first-order valence-corrected chi connectivity index (χ1v) is 17.1. The van der Waals surface area contributed by atoms with Crippen molar-refractivity contribution in [2.24, 2.45) is 11.3 Å². The summed E-state index contributed by atoms with van der Waals surface area (Å²) in [5, 5.41) is 11.1. The van der Waals surface area contributed by atoms with Crippen molar-refractivity contribution in [3.8, 4) is 0 Å². The van der Waals surface area contributed by atoms with E-state index in [0.717, 1.165) is 12.0 Å². The summed E-state index contributed by atoms with van der Waals surface area (Å²) in [6.45, 7) is 21.4. The monoisotopic (exact) mass is 678 g/mol. The Balaban J connectivity index is 2.14.